The van der Waals surface area contributed by atoms with E-state index in [0.29, 0.717) is 13.1 Å². The van der Waals surface area contributed by atoms with Crippen LogP contribution in [0.4, 0.5) is 0 Å². The number of aliphatic hydroxyl groups is 2. The van der Waals surface area contributed by atoms with E-state index in [2.05, 4.69) is 0 Å². The zero-order valence-corrected chi connectivity index (χ0v) is 14.9. The van der Waals surface area contributed by atoms with Gasteiger partial charge in [-0.2, -0.15) is 0 Å². The monoisotopic (exact) mass is 352 g/mol. The topological polar surface area (TPSA) is 99.5 Å². The fraction of sp³-hybridized carbons (Fsp3) is 1.00. The summed E-state index contributed by atoms with van der Waals surface area (Å²) in [5, 5.41) is 19.9. The Kier molecular flexibility index (Phi) is 6.04. The van der Waals surface area contributed by atoms with Crippen molar-refractivity contribution in [1.29, 1.82) is 0 Å². The standard InChI is InChI=1S/C14H28N2O6S/c1-9(17)13(21-3)15-5-6-16(14(22-4)10(2)18)12-8-23(19,20)7-11(12)15/h9-14,17-18H,5-8H2,1-4H3. The van der Waals surface area contributed by atoms with Crippen molar-refractivity contribution in [3.8, 4) is 0 Å². The third kappa shape index (κ3) is 3.87. The summed E-state index contributed by atoms with van der Waals surface area (Å²) in [5.74, 6) is 0.0496. The predicted octanol–water partition coefficient (Wildman–Crippen LogP) is -1.52. The van der Waals surface area contributed by atoms with Gasteiger partial charge in [-0.1, -0.05) is 0 Å². The van der Waals surface area contributed by atoms with Crippen LogP contribution in [0.15, 0.2) is 0 Å². The molecule has 2 saturated heterocycles. The summed E-state index contributed by atoms with van der Waals surface area (Å²) < 4.78 is 35.1. The molecule has 0 spiro atoms. The highest BCUT2D eigenvalue weighted by atomic mass is 32.2. The molecule has 0 radical (unpaired) electrons. The van der Waals surface area contributed by atoms with Crippen molar-refractivity contribution < 1.29 is 28.1 Å². The molecular formula is C14H28N2O6S. The van der Waals surface area contributed by atoms with Gasteiger partial charge in [0.2, 0.25) is 0 Å². The molecule has 0 aromatic heterocycles. The third-order valence-electron chi connectivity index (χ3n) is 4.72. The number of hydrogen-bond acceptors (Lipinski definition) is 8. The van der Waals surface area contributed by atoms with E-state index in [0.717, 1.165) is 0 Å². The lowest BCUT2D eigenvalue weighted by Gasteiger charge is -2.49. The molecule has 6 unspecified atom stereocenters. The zero-order valence-electron chi connectivity index (χ0n) is 14.1. The minimum absolute atomic E-state index is 0.0248. The molecule has 136 valence electrons. The Balaban J connectivity index is 2.30. The molecular weight excluding hydrogens is 324 g/mol. The number of fused-ring (bicyclic) bond motifs is 1. The van der Waals surface area contributed by atoms with Gasteiger partial charge in [0.05, 0.1) is 23.7 Å². The molecule has 0 bridgehead atoms. The Morgan fingerprint density at radius 1 is 0.913 bits per heavy atom. The van der Waals surface area contributed by atoms with Crippen LogP contribution in [-0.4, -0.2) is 104 Å². The minimum Gasteiger partial charge on any atom is -0.389 e. The van der Waals surface area contributed by atoms with E-state index in [4.69, 9.17) is 9.47 Å². The zero-order chi connectivity index (χ0) is 17.4. The maximum Gasteiger partial charge on any atom is 0.153 e. The Hall–Kier alpha value is -0.290. The summed E-state index contributed by atoms with van der Waals surface area (Å²) in [5.41, 5.74) is 0. The van der Waals surface area contributed by atoms with E-state index < -0.39 is 34.5 Å². The smallest absolute Gasteiger partial charge is 0.153 e. The molecule has 6 atom stereocenters. The molecule has 9 heteroatoms. The Morgan fingerprint density at radius 2 is 1.26 bits per heavy atom. The molecule has 0 aliphatic carbocycles. The van der Waals surface area contributed by atoms with E-state index in [-0.39, 0.29) is 23.6 Å². The van der Waals surface area contributed by atoms with Crippen LogP contribution in [0.25, 0.3) is 0 Å². The van der Waals surface area contributed by atoms with Gasteiger partial charge in [0.25, 0.3) is 0 Å². The van der Waals surface area contributed by atoms with Crippen molar-refractivity contribution in [3.05, 3.63) is 0 Å². The van der Waals surface area contributed by atoms with Gasteiger partial charge in [0.15, 0.2) is 9.84 Å². The summed E-state index contributed by atoms with van der Waals surface area (Å²) >= 11 is 0. The van der Waals surface area contributed by atoms with Crippen LogP contribution < -0.4 is 0 Å². The number of ether oxygens (including phenoxy) is 2. The van der Waals surface area contributed by atoms with Gasteiger partial charge in [-0.15, -0.1) is 0 Å². The maximum absolute atomic E-state index is 12.2. The predicted molar refractivity (Wildman–Crippen MR) is 84.6 cm³/mol. The Bertz CT molecular complexity index is 459. The number of piperazine rings is 1. The number of aliphatic hydroxyl groups excluding tert-OH is 2. The highest BCUT2D eigenvalue weighted by Gasteiger charge is 2.51. The number of nitrogens with zero attached hydrogens (tertiary/aromatic N) is 2. The van der Waals surface area contributed by atoms with Crippen LogP contribution in [0.3, 0.4) is 0 Å². The second-order valence-electron chi connectivity index (χ2n) is 6.42. The molecule has 2 rings (SSSR count). The van der Waals surface area contributed by atoms with Crippen molar-refractivity contribution in [1.82, 2.24) is 9.80 Å². The van der Waals surface area contributed by atoms with Gasteiger partial charge < -0.3 is 19.7 Å². The first-order chi connectivity index (χ1) is 10.7. The lowest BCUT2D eigenvalue weighted by atomic mass is 10.0. The molecule has 8 nitrogen and oxygen atoms in total. The number of sulfone groups is 1. The van der Waals surface area contributed by atoms with Crippen molar-refractivity contribution in [2.24, 2.45) is 0 Å². The molecule has 0 aromatic rings. The average Bonchev–Trinajstić information content (AvgIpc) is 2.76. The van der Waals surface area contributed by atoms with Crippen LogP contribution in [-0.2, 0) is 19.3 Å². The van der Waals surface area contributed by atoms with Gasteiger partial charge in [-0.25, -0.2) is 8.42 Å². The average molecular weight is 352 g/mol. The molecule has 2 N–H and O–H groups in total. The van der Waals surface area contributed by atoms with E-state index >= 15 is 0 Å². The van der Waals surface area contributed by atoms with E-state index in [1.807, 2.05) is 9.80 Å². The largest absolute Gasteiger partial charge is 0.389 e. The van der Waals surface area contributed by atoms with Crippen LogP contribution in [0.5, 0.6) is 0 Å². The van der Waals surface area contributed by atoms with Crippen molar-refractivity contribution in [2.75, 3.05) is 38.8 Å². The molecule has 2 fully saturated rings. The number of hydrogen-bond donors (Lipinski definition) is 2. The van der Waals surface area contributed by atoms with Gasteiger partial charge in [-0.05, 0) is 13.8 Å². The molecule has 2 aliphatic heterocycles. The van der Waals surface area contributed by atoms with Crippen LogP contribution in [0.1, 0.15) is 13.8 Å². The maximum atomic E-state index is 12.2. The first-order valence-electron chi connectivity index (χ1n) is 7.85. The quantitative estimate of drug-likeness (QED) is 0.594. The van der Waals surface area contributed by atoms with Gasteiger partial charge in [-0.3, -0.25) is 9.80 Å². The van der Waals surface area contributed by atoms with Crippen molar-refractivity contribution in [3.63, 3.8) is 0 Å². The van der Waals surface area contributed by atoms with Gasteiger partial charge >= 0.3 is 0 Å². The van der Waals surface area contributed by atoms with Crippen molar-refractivity contribution in [2.45, 2.75) is 50.6 Å². The molecule has 2 heterocycles. The van der Waals surface area contributed by atoms with Crippen LogP contribution in [0, 0.1) is 0 Å². The first kappa shape index (κ1) is 19.0. The SMILES string of the molecule is COC(C(C)O)N1CCN(C(OC)C(C)O)C2CS(=O)(=O)CC21. The molecule has 0 aromatic carbocycles. The lowest BCUT2D eigenvalue weighted by molar-refractivity contribution is -0.174. The van der Waals surface area contributed by atoms with E-state index in [1.165, 1.54) is 14.2 Å². The normalized spacial score (nSPS) is 33.8. The highest BCUT2D eigenvalue weighted by Crippen LogP contribution is 2.31. The summed E-state index contributed by atoms with van der Waals surface area (Å²) in [7, 11) is -0.167. The van der Waals surface area contributed by atoms with Crippen LogP contribution >= 0.6 is 0 Å². The van der Waals surface area contributed by atoms with E-state index in [1.54, 1.807) is 13.8 Å². The van der Waals surface area contributed by atoms with Crippen molar-refractivity contribution >= 4 is 9.84 Å². The van der Waals surface area contributed by atoms with Gasteiger partial charge in [0.1, 0.15) is 12.5 Å². The minimum atomic E-state index is -3.19. The van der Waals surface area contributed by atoms with E-state index in [9.17, 15) is 18.6 Å². The van der Waals surface area contributed by atoms with Crippen LogP contribution in [0.2, 0.25) is 0 Å². The third-order valence-corrected chi connectivity index (χ3v) is 6.42. The van der Waals surface area contributed by atoms with Gasteiger partial charge in [0, 0.05) is 39.4 Å². The molecule has 23 heavy (non-hydrogen) atoms. The molecule has 0 amide bonds. The number of methoxy groups -OCH3 is 2. The first-order valence-corrected chi connectivity index (χ1v) is 9.67. The summed E-state index contributed by atoms with van der Waals surface area (Å²) in [6.07, 6.45) is -2.56. The molecule has 0 saturated carbocycles. The summed E-state index contributed by atoms with van der Waals surface area (Å²) in [6.45, 7) is 4.33. The lowest BCUT2D eigenvalue weighted by Crippen LogP contribution is -2.66. The number of rotatable bonds is 6. The Labute approximate surface area is 137 Å². The highest BCUT2D eigenvalue weighted by molar-refractivity contribution is 7.91. The second-order valence-corrected chi connectivity index (χ2v) is 8.57. The fourth-order valence-electron chi connectivity index (χ4n) is 3.86. The fourth-order valence-corrected chi connectivity index (χ4v) is 5.86. The summed E-state index contributed by atoms with van der Waals surface area (Å²) in [4.78, 5) is 3.84. The summed E-state index contributed by atoms with van der Waals surface area (Å²) in [6, 6.07) is -0.575. The molecule has 2 aliphatic rings. The Morgan fingerprint density at radius 3 is 1.52 bits per heavy atom. The second kappa shape index (κ2) is 7.30.